The Morgan fingerprint density at radius 1 is 1.35 bits per heavy atom. The predicted octanol–water partition coefficient (Wildman–Crippen LogP) is 2.08. The van der Waals surface area contributed by atoms with Gasteiger partial charge in [-0.25, -0.2) is 0 Å². The average Bonchev–Trinajstić information content (AvgIpc) is 2.47. The number of piperazine rings is 1. The lowest BCUT2D eigenvalue weighted by molar-refractivity contribution is -0.133. The van der Waals surface area contributed by atoms with Crippen LogP contribution in [0.5, 0.6) is 0 Å². The minimum Gasteiger partial charge on any atom is -0.339 e. The second-order valence-corrected chi connectivity index (χ2v) is 6.09. The summed E-state index contributed by atoms with van der Waals surface area (Å²) in [5.74, 6) is 0.166. The first-order chi connectivity index (χ1) is 9.61. The largest absolute Gasteiger partial charge is 0.339 e. The standard InChI is InChI=1S/C16H24N2OS/c1-3-17-9-10-18(12-13(17)2)16(19)15(20)11-14-7-5-4-6-8-14/h4-8,13,15,20H,3,9-12H2,1-2H3. The molecule has 1 aliphatic heterocycles. The van der Waals surface area contributed by atoms with Gasteiger partial charge < -0.3 is 4.90 Å². The van der Waals surface area contributed by atoms with Crippen molar-refractivity contribution in [1.82, 2.24) is 9.80 Å². The van der Waals surface area contributed by atoms with Crippen LogP contribution >= 0.6 is 12.6 Å². The summed E-state index contributed by atoms with van der Waals surface area (Å²) in [5.41, 5.74) is 1.17. The Morgan fingerprint density at radius 3 is 2.65 bits per heavy atom. The summed E-state index contributed by atoms with van der Waals surface area (Å²) in [6.07, 6.45) is 0.700. The van der Waals surface area contributed by atoms with Crippen LogP contribution in [0.15, 0.2) is 30.3 Å². The molecule has 1 aliphatic rings. The van der Waals surface area contributed by atoms with Crippen molar-refractivity contribution in [1.29, 1.82) is 0 Å². The molecule has 2 rings (SSSR count). The van der Waals surface area contributed by atoms with E-state index in [0.29, 0.717) is 12.5 Å². The highest BCUT2D eigenvalue weighted by molar-refractivity contribution is 7.81. The van der Waals surface area contributed by atoms with E-state index in [9.17, 15) is 4.79 Å². The Kier molecular flexibility index (Phi) is 5.49. The van der Waals surface area contributed by atoms with Gasteiger partial charge in [-0.1, -0.05) is 37.3 Å². The molecule has 0 aliphatic carbocycles. The van der Waals surface area contributed by atoms with E-state index in [4.69, 9.17) is 0 Å². The molecule has 1 amide bonds. The lowest BCUT2D eigenvalue weighted by atomic mass is 10.1. The molecule has 0 saturated carbocycles. The molecule has 110 valence electrons. The van der Waals surface area contributed by atoms with Gasteiger partial charge in [0.05, 0.1) is 5.25 Å². The maximum absolute atomic E-state index is 12.5. The number of carbonyl (C=O) groups is 1. The molecular formula is C16H24N2OS. The van der Waals surface area contributed by atoms with Crippen LogP contribution in [0, 0.1) is 0 Å². The van der Waals surface area contributed by atoms with Crippen molar-refractivity contribution in [2.75, 3.05) is 26.2 Å². The summed E-state index contributed by atoms with van der Waals surface area (Å²) in [6.45, 7) is 8.02. The van der Waals surface area contributed by atoms with Crippen LogP contribution < -0.4 is 0 Å². The summed E-state index contributed by atoms with van der Waals surface area (Å²) >= 11 is 4.52. The lowest BCUT2D eigenvalue weighted by Gasteiger charge is -2.40. The van der Waals surface area contributed by atoms with Crippen LogP contribution in [0.3, 0.4) is 0 Å². The summed E-state index contributed by atoms with van der Waals surface area (Å²) in [6, 6.07) is 10.5. The first-order valence-electron chi connectivity index (χ1n) is 7.36. The van der Waals surface area contributed by atoms with Gasteiger partial charge in [-0.2, -0.15) is 12.6 Å². The molecule has 2 unspecified atom stereocenters. The minimum absolute atomic E-state index is 0.166. The van der Waals surface area contributed by atoms with Gasteiger partial charge in [-0.05, 0) is 25.5 Å². The number of thiol groups is 1. The molecule has 1 fully saturated rings. The molecule has 0 bridgehead atoms. The molecule has 0 radical (unpaired) electrons. The number of rotatable bonds is 4. The molecule has 2 atom stereocenters. The van der Waals surface area contributed by atoms with Crippen LogP contribution in [-0.4, -0.2) is 53.2 Å². The van der Waals surface area contributed by atoms with Crippen molar-refractivity contribution in [2.24, 2.45) is 0 Å². The van der Waals surface area contributed by atoms with Crippen LogP contribution in [0.1, 0.15) is 19.4 Å². The fourth-order valence-corrected chi connectivity index (χ4v) is 3.17. The second-order valence-electron chi connectivity index (χ2n) is 5.47. The Morgan fingerprint density at radius 2 is 2.05 bits per heavy atom. The van der Waals surface area contributed by atoms with E-state index in [-0.39, 0.29) is 11.2 Å². The zero-order chi connectivity index (χ0) is 14.5. The van der Waals surface area contributed by atoms with Crippen molar-refractivity contribution in [3.63, 3.8) is 0 Å². The van der Waals surface area contributed by atoms with Gasteiger partial charge >= 0.3 is 0 Å². The molecule has 0 N–H and O–H groups in total. The zero-order valence-electron chi connectivity index (χ0n) is 12.3. The second kappa shape index (κ2) is 7.14. The molecule has 4 heteroatoms. The molecular weight excluding hydrogens is 268 g/mol. The fraction of sp³-hybridized carbons (Fsp3) is 0.562. The highest BCUT2D eigenvalue weighted by Crippen LogP contribution is 2.15. The van der Waals surface area contributed by atoms with Gasteiger partial charge in [-0.15, -0.1) is 0 Å². The number of nitrogens with zero attached hydrogens (tertiary/aromatic N) is 2. The van der Waals surface area contributed by atoms with Crippen LogP contribution in [0.2, 0.25) is 0 Å². The smallest absolute Gasteiger partial charge is 0.235 e. The number of hydrogen-bond donors (Lipinski definition) is 1. The third kappa shape index (κ3) is 3.76. The maximum atomic E-state index is 12.5. The quantitative estimate of drug-likeness (QED) is 0.859. The summed E-state index contributed by atoms with van der Waals surface area (Å²) < 4.78 is 0. The number of amides is 1. The maximum Gasteiger partial charge on any atom is 0.235 e. The molecule has 1 aromatic rings. The van der Waals surface area contributed by atoms with E-state index >= 15 is 0 Å². The molecule has 1 heterocycles. The van der Waals surface area contributed by atoms with Gasteiger partial charge in [-0.3, -0.25) is 9.69 Å². The summed E-state index contributed by atoms with van der Waals surface area (Å²) in [5, 5.41) is -0.238. The van der Waals surface area contributed by atoms with E-state index in [1.165, 1.54) is 5.56 Å². The van der Waals surface area contributed by atoms with E-state index in [1.807, 2.05) is 35.2 Å². The summed E-state index contributed by atoms with van der Waals surface area (Å²) in [7, 11) is 0. The van der Waals surface area contributed by atoms with Crippen LogP contribution in [0.4, 0.5) is 0 Å². The number of carbonyl (C=O) groups excluding carboxylic acids is 1. The van der Waals surface area contributed by atoms with Crippen LogP contribution in [0.25, 0.3) is 0 Å². The van der Waals surface area contributed by atoms with Crippen molar-refractivity contribution < 1.29 is 4.79 Å². The molecule has 20 heavy (non-hydrogen) atoms. The van der Waals surface area contributed by atoms with E-state index in [0.717, 1.165) is 26.2 Å². The Labute approximate surface area is 127 Å². The average molecular weight is 292 g/mol. The Balaban J connectivity index is 1.91. The van der Waals surface area contributed by atoms with Crippen molar-refractivity contribution in [3.8, 4) is 0 Å². The number of benzene rings is 1. The highest BCUT2D eigenvalue weighted by Gasteiger charge is 2.28. The number of likely N-dealkylation sites (N-methyl/N-ethyl adjacent to an activating group) is 1. The van der Waals surface area contributed by atoms with E-state index in [1.54, 1.807) is 0 Å². The van der Waals surface area contributed by atoms with Crippen molar-refractivity contribution in [2.45, 2.75) is 31.6 Å². The Hall–Kier alpha value is -1.00. The van der Waals surface area contributed by atoms with Gasteiger partial charge in [0, 0.05) is 25.7 Å². The first kappa shape index (κ1) is 15.4. The molecule has 3 nitrogen and oxygen atoms in total. The molecule has 0 aromatic heterocycles. The Bertz CT molecular complexity index is 437. The van der Waals surface area contributed by atoms with E-state index < -0.39 is 0 Å². The summed E-state index contributed by atoms with van der Waals surface area (Å²) in [4.78, 5) is 16.9. The van der Waals surface area contributed by atoms with Crippen molar-refractivity contribution in [3.05, 3.63) is 35.9 Å². The number of hydrogen-bond acceptors (Lipinski definition) is 3. The monoisotopic (exact) mass is 292 g/mol. The lowest BCUT2D eigenvalue weighted by Crippen LogP contribution is -2.55. The van der Waals surface area contributed by atoms with Gasteiger partial charge in [0.1, 0.15) is 0 Å². The van der Waals surface area contributed by atoms with E-state index in [2.05, 4.69) is 31.4 Å². The molecule has 0 spiro atoms. The predicted molar refractivity (Wildman–Crippen MR) is 86.2 cm³/mol. The third-order valence-electron chi connectivity index (χ3n) is 4.04. The minimum atomic E-state index is -0.238. The van der Waals surface area contributed by atoms with Crippen molar-refractivity contribution >= 4 is 18.5 Å². The SMILES string of the molecule is CCN1CCN(C(=O)C(S)Cc2ccccc2)CC1C. The topological polar surface area (TPSA) is 23.6 Å². The molecule has 1 aromatic carbocycles. The molecule has 1 saturated heterocycles. The highest BCUT2D eigenvalue weighted by atomic mass is 32.1. The van der Waals surface area contributed by atoms with Gasteiger partial charge in [0.2, 0.25) is 5.91 Å². The fourth-order valence-electron chi connectivity index (χ4n) is 2.80. The zero-order valence-corrected chi connectivity index (χ0v) is 13.2. The normalized spacial score (nSPS) is 21.8. The van der Waals surface area contributed by atoms with Gasteiger partial charge in [0.25, 0.3) is 0 Å². The third-order valence-corrected chi connectivity index (χ3v) is 4.44. The van der Waals surface area contributed by atoms with Gasteiger partial charge in [0.15, 0.2) is 0 Å². The first-order valence-corrected chi connectivity index (χ1v) is 7.88. The van der Waals surface area contributed by atoms with Crippen LogP contribution in [-0.2, 0) is 11.2 Å².